The third-order valence-corrected chi connectivity index (χ3v) is 4.25. The normalized spacial score (nSPS) is 22.7. The van der Waals surface area contributed by atoms with E-state index in [0.29, 0.717) is 25.3 Å². The van der Waals surface area contributed by atoms with Crippen molar-refractivity contribution >= 4 is 6.03 Å². The van der Waals surface area contributed by atoms with Gasteiger partial charge < -0.3 is 15.0 Å². The van der Waals surface area contributed by atoms with E-state index in [1.807, 2.05) is 30.9 Å². The maximum Gasteiger partial charge on any atom is 0.318 e. The molecule has 1 saturated heterocycles. The number of nitriles is 1. The Labute approximate surface area is 131 Å². The predicted molar refractivity (Wildman–Crippen MR) is 84.3 cm³/mol. The second-order valence-corrected chi connectivity index (χ2v) is 5.98. The van der Waals surface area contributed by atoms with Crippen molar-refractivity contribution in [1.29, 1.82) is 5.26 Å². The Morgan fingerprint density at radius 1 is 1.50 bits per heavy atom. The Kier molecular flexibility index (Phi) is 5.04. The molecule has 1 N–H and O–H groups in total. The Bertz CT molecular complexity index is 564. The topological polar surface area (TPSA) is 65.4 Å². The highest BCUT2D eigenvalue weighted by molar-refractivity contribution is 5.75. The number of ether oxygens (including phenoxy) is 1. The van der Waals surface area contributed by atoms with Gasteiger partial charge in [0.05, 0.1) is 36.4 Å². The minimum atomic E-state index is -0.257. The third kappa shape index (κ3) is 3.77. The van der Waals surface area contributed by atoms with Crippen LogP contribution in [0.3, 0.4) is 0 Å². The number of hydrogen-bond acceptors (Lipinski definition) is 3. The number of benzene rings is 1. The van der Waals surface area contributed by atoms with Crippen molar-refractivity contribution in [3.8, 4) is 6.07 Å². The average Bonchev–Trinajstić information content (AvgIpc) is 2.55. The van der Waals surface area contributed by atoms with Gasteiger partial charge in [0, 0.05) is 6.54 Å². The maximum absolute atomic E-state index is 12.4. The number of morpholine rings is 1. The fourth-order valence-corrected chi connectivity index (χ4v) is 2.52. The molecule has 1 aromatic rings. The largest absolute Gasteiger partial charge is 0.372 e. The van der Waals surface area contributed by atoms with Crippen LogP contribution in [0.25, 0.3) is 0 Å². The smallest absolute Gasteiger partial charge is 0.318 e. The second kappa shape index (κ2) is 6.80. The van der Waals surface area contributed by atoms with Crippen LogP contribution in [0.5, 0.6) is 0 Å². The van der Waals surface area contributed by atoms with Gasteiger partial charge in [-0.25, -0.2) is 4.79 Å². The number of nitrogens with one attached hydrogen (secondary N) is 1. The molecular weight excluding hydrogens is 278 g/mol. The van der Waals surface area contributed by atoms with E-state index >= 15 is 0 Å². The van der Waals surface area contributed by atoms with Crippen LogP contribution in [0.1, 0.15) is 44.4 Å². The molecule has 0 aliphatic carbocycles. The van der Waals surface area contributed by atoms with Crippen LogP contribution in [-0.2, 0) is 4.74 Å². The molecule has 1 heterocycles. The van der Waals surface area contributed by atoms with Crippen molar-refractivity contribution in [2.75, 3.05) is 19.7 Å². The molecule has 1 aromatic carbocycles. The third-order valence-electron chi connectivity index (χ3n) is 4.25. The number of nitrogens with zero attached hydrogens (tertiary/aromatic N) is 2. The van der Waals surface area contributed by atoms with Crippen LogP contribution in [0.4, 0.5) is 4.79 Å². The van der Waals surface area contributed by atoms with Crippen molar-refractivity contribution < 1.29 is 9.53 Å². The van der Waals surface area contributed by atoms with E-state index in [9.17, 15) is 4.79 Å². The van der Waals surface area contributed by atoms with Crippen LogP contribution in [-0.4, -0.2) is 36.2 Å². The van der Waals surface area contributed by atoms with E-state index in [0.717, 1.165) is 12.0 Å². The number of urea groups is 1. The highest BCUT2D eigenvalue weighted by Crippen LogP contribution is 2.21. The number of carbonyl (C=O) groups is 1. The summed E-state index contributed by atoms with van der Waals surface area (Å²) in [6, 6.07) is 9.20. The first kappa shape index (κ1) is 16.3. The second-order valence-electron chi connectivity index (χ2n) is 5.98. The molecule has 0 bridgehead atoms. The van der Waals surface area contributed by atoms with Gasteiger partial charge >= 0.3 is 6.03 Å². The monoisotopic (exact) mass is 301 g/mol. The molecule has 2 amide bonds. The first-order chi connectivity index (χ1) is 10.5. The molecule has 0 unspecified atom stereocenters. The summed E-state index contributed by atoms with van der Waals surface area (Å²) in [5.74, 6) is 0. The SMILES string of the molecule is CC[C@@]1(C)CN(C(=O)N[C@@H](C)c2ccc(C#N)cc2)CCO1. The first-order valence-electron chi connectivity index (χ1n) is 7.67. The Morgan fingerprint density at radius 3 is 2.77 bits per heavy atom. The molecule has 1 aliphatic heterocycles. The minimum Gasteiger partial charge on any atom is -0.372 e. The first-order valence-corrected chi connectivity index (χ1v) is 7.67. The van der Waals surface area contributed by atoms with E-state index < -0.39 is 0 Å². The predicted octanol–water partition coefficient (Wildman–Crippen LogP) is 2.83. The van der Waals surface area contributed by atoms with Crippen LogP contribution in [0, 0.1) is 11.3 Å². The van der Waals surface area contributed by atoms with E-state index in [1.165, 1.54) is 0 Å². The lowest BCUT2D eigenvalue weighted by atomic mass is 10.0. The van der Waals surface area contributed by atoms with Crippen molar-refractivity contribution in [2.24, 2.45) is 0 Å². The molecule has 2 atom stereocenters. The quantitative estimate of drug-likeness (QED) is 0.933. The van der Waals surface area contributed by atoms with Crippen LogP contribution in [0.2, 0.25) is 0 Å². The summed E-state index contributed by atoms with van der Waals surface area (Å²) in [7, 11) is 0. The van der Waals surface area contributed by atoms with Gasteiger partial charge in [-0.2, -0.15) is 5.26 Å². The van der Waals surface area contributed by atoms with Crippen molar-refractivity contribution in [3.63, 3.8) is 0 Å². The summed E-state index contributed by atoms with van der Waals surface area (Å²) in [4.78, 5) is 14.2. The molecule has 22 heavy (non-hydrogen) atoms. The molecule has 1 fully saturated rings. The van der Waals surface area contributed by atoms with Crippen molar-refractivity contribution in [1.82, 2.24) is 10.2 Å². The summed E-state index contributed by atoms with van der Waals surface area (Å²) in [6.45, 7) is 7.84. The summed E-state index contributed by atoms with van der Waals surface area (Å²) in [5.41, 5.74) is 1.35. The Balaban J connectivity index is 1.97. The van der Waals surface area contributed by atoms with Gasteiger partial charge in [0.25, 0.3) is 0 Å². The molecule has 118 valence electrons. The summed E-state index contributed by atoms with van der Waals surface area (Å²) in [6.07, 6.45) is 0.877. The zero-order valence-electron chi connectivity index (χ0n) is 13.4. The number of amides is 2. The average molecular weight is 301 g/mol. The molecule has 2 rings (SSSR count). The highest BCUT2D eigenvalue weighted by atomic mass is 16.5. The minimum absolute atomic E-state index is 0.0696. The summed E-state index contributed by atoms with van der Waals surface area (Å²) < 4.78 is 5.76. The van der Waals surface area contributed by atoms with Crippen molar-refractivity contribution in [2.45, 2.75) is 38.8 Å². The van der Waals surface area contributed by atoms with Crippen molar-refractivity contribution in [3.05, 3.63) is 35.4 Å². The molecule has 5 nitrogen and oxygen atoms in total. The summed E-state index contributed by atoms with van der Waals surface area (Å²) >= 11 is 0. The molecule has 0 saturated carbocycles. The Hall–Kier alpha value is -2.06. The van der Waals surface area contributed by atoms with Gasteiger partial charge in [-0.1, -0.05) is 19.1 Å². The van der Waals surface area contributed by atoms with Crippen LogP contribution >= 0.6 is 0 Å². The van der Waals surface area contributed by atoms with Crippen LogP contribution < -0.4 is 5.32 Å². The Morgan fingerprint density at radius 2 is 2.18 bits per heavy atom. The van der Waals surface area contributed by atoms with Gasteiger partial charge in [-0.3, -0.25) is 0 Å². The number of carbonyl (C=O) groups excluding carboxylic acids is 1. The van der Waals surface area contributed by atoms with Gasteiger partial charge in [0.1, 0.15) is 0 Å². The van der Waals surface area contributed by atoms with Gasteiger partial charge in [0.15, 0.2) is 0 Å². The number of hydrogen-bond donors (Lipinski definition) is 1. The standard InChI is InChI=1S/C17H23N3O2/c1-4-17(3)12-20(9-10-22-17)16(21)19-13(2)15-7-5-14(11-18)6-8-15/h5-8,13H,4,9-10,12H2,1-3H3,(H,19,21)/t13-,17-/m0/s1. The van der Waals surface area contributed by atoms with E-state index in [-0.39, 0.29) is 17.7 Å². The van der Waals surface area contributed by atoms with Crippen LogP contribution in [0.15, 0.2) is 24.3 Å². The lowest BCUT2D eigenvalue weighted by Crippen LogP contribution is -2.54. The van der Waals surface area contributed by atoms with Gasteiger partial charge in [-0.15, -0.1) is 0 Å². The molecule has 0 aromatic heterocycles. The maximum atomic E-state index is 12.4. The fourth-order valence-electron chi connectivity index (χ4n) is 2.52. The van der Waals surface area contributed by atoms with E-state index in [4.69, 9.17) is 10.00 Å². The number of rotatable bonds is 3. The fraction of sp³-hybridized carbons (Fsp3) is 0.529. The molecule has 5 heteroatoms. The van der Waals surface area contributed by atoms with E-state index in [2.05, 4.69) is 18.3 Å². The molecule has 0 spiro atoms. The van der Waals surface area contributed by atoms with E-state index in [1.54, 1.807) is 12.1 Å². The molecule has 1 aliphatic rings. The van der Waals surface area contributed by atoms with Gasteiger partial charge in [-0.05, 0) is 38.0 Å². The zero-order valence-corrected chi connectivity index (χ0v) is 13.4. The lowest BCUT2D eigenvalue weighted by molar-refractivity contribution is -0.0874. The summed E-state index contributed by atoms with van der Waals surface area (Å²) in [5, 5.41) is 11.8. The molecule has 0 radical (unpaired) electrons. The molecular formula is C17H23N3O2. The highest BCUT2D eigenvalue weighted by Gasteiger charge is 2.32. The lowest BCUT2D eigenvalue weighted by Gasteiger charge is -2.40. The van der Waals surface area contributed by atoms with Gasteiger partial charge in [0.2, 0.25) is 0 Å². The zero-order chi connectivity index (χ0) is 16.2.